The number of amides is 1. The highest BCUT2D eigenvalue weighted by Gasteiger charge is 2.21. The van der Waals surface area contributed by atoms with Gasteiger partial charge < -0.3 is 10.4 Å². The van der Waals surface area contributed by atoms with E-state index in [2.05, 4.69) is 5.32 Å². The zero-order valence-corrected chi connectivity index (χ0v) is 10.8. The van der Waals surface area contributed by atoms with Crippen LogP contribution in [0.15, 0.2) is 12.1 Å². The van der Waals surface area contributed by atoms with Gasteiger partial charge in [-0.1, -0.05) is 18.5 Å². The van der Waals surface area contributed by atoms with Crippen LogP contribution in [0.4, 0.5) is 8.78 Å². The van der Waals surface area contributed by atoms with Gasteiger partial charge in [0.05, 0.1) is 16.2 Å². The highest BCUT2D eigenvalue weighted by Crippen LogP contribution is 2.19. The predicted molar refractivity (Wildman–Crippen MR) is 64.6 cm³/mol. The fourth-order valence-corrected chi connectivity index (χ4v) is 1.34. The molecule has 1 unspecified atom stereocenters. The van der Waals surface area contributed by atoms with Crippen LogP contribution in [0.3, 0.4) is 0 Å². The first-order chi connectivity index (χ1) is 8.26. The molecule has 18 heavy (non-hydrogen) atoms. The molecule has 6 heteroatoms. The maximum Gasteiger partial charge on any atom is 0.254 e. The van der Waals surface area contributed by atoms with Gasteiger partial charge >= 0.3 is 0 Å². The van der Waals surface area contributed by atoms with E-state index in [1.807, 2.05) is 0 Å². The summed E-state index contributed by atoms with van der Waals surface area (Å²) in [6, 6.07) is 1.47. The van der Waals surface area contributed by atoms with Gasteiger partial charge in [0.1, 0.15) is 11.6 Å². The lowest BCUT2D eigenvalue weighted by molar-refractivity contribution is 0.0517. The van der Waals surface area contributed by atoms with E-state index >= 15 is 0 Å². The molecule has 0 aromatic heterocycles. The van der Waals surface area contributed by atoms with E-state index in [1.165, 1.54) is 6.92 Å². The van der Waals surface area contributed by atoms with E-state index in [9.17, 15) is 18.7 Å². The van der Waals surface area contributed by atoms with Gasteiger partial charge in [-0.2, -0.15) is 0 Å². The van der Waals surface area contributed by atoms with E-state index in [-0.39, 0.29) is 11.6 Å². The van der Waals surface area contributed by atoms with Gasteiger partial charge in [0.25, 0.3) is 5.91 Å². The molecule has 0 saturated carbocycles. The fraction of sp³-hybridized carbons (Fsp3) is 0.417. The Kier molecular flexibility index (Phi) is 4.65. The smallest absolute Gasteiger partial charge is 0.254 e. The molecule has 100 valence electrons. The third-order valence-electron chi connectivity index (χ3n) is 2.65. The van der Waals surface area contributed by atoms with Crippen molar-refractivity contribution in [2.45, 2.75) is 25.9 Å². The maximum absolute atomic E-state index is 13.4. The second-order valence-electron chi connectivity index (χ2n) is 4.28. The summed E-state index contributed by atoms with van der Waals surface area (Å²) >= 11 is 5.38. The Hall–Kier alpha value is -1.20. The Morgan fingerprint density at radius 3 is 2.61 bits per heavy atom. The second kappa shape index (κ2) is 5.63. The van der Waals surface area contributed by atoms with Crippen molar-refractivity contribution in [3.63, 3.8) is 0 Å². The molecule has 0 heterocycles. The normalized spacial score (nSPS) is 14.1. The molecule has 0 fully saturated rings. The van der Waals surface area contributed by atoms with Gasteiger partial charge in [-0.05, 0) is 25.5 Å². The Morgan fingerprint density at radius 2 is 2.06 bits per heavy atom. The van der Waals surface area contributed by atoms with E-state index < -0.39 is 28.7 Å². The molecule has 1 atom stereocenters. The van der Waals surface area contributed by atoms with E-state index in [4.69, 9.17) is 11.6 Å². The summed E-state index contributed by atoms with van der Waals surface area (Å²) < 4.78 is 26.5. The summed E-state index contributed by atoms with van der Waals surface area (Å²) in [5, 5.41) is 11.6. The van der Waals surface area contributed by atoms with Gasteiger partial charge in [-0.15, -0.1) is 0 Å². The van der Waals surface area contributed by atoms with Crippen LogP contribution in [0, 0.1) is 11.6 Å². The Labute approximate surface area is 109 Å². The molecule has 0 bridgehead atoms. The largest absolute Gasteiger partial charge is 0.388 e. The third-order valence-corrected chi connectivity index (χ3v) is 2.94. The van der Waals surface area contributed by atoms with Crippen LogP contribution in [-0.4, -0.2) is 23.2 Å². The molecule has 0 radical (unpaired) electrons. The van der Waals surface area contributed by atoms with Crippen LogP contribution in [0.5, 0.6) is 0 Å². The zero-order valence-electron chi connectivity index (χ0n) is 10.1. The van der Waals surface area contributed by atoms with Crippen LogP contribution in [0.25, 0.3) is 0 Å². The van der Waals surface area contributed by atoms with E-state index in [0.29, 0.717) is 6.42 Å². The molecular weight excluding hydrogens is 264 g/mol. The topological polar surface area (TPSA) is 49.3 Å². The van der Waals surface area contributed by atoms with Crippen molar-refractivity contribution in [3.8, 4) is 0 Å². The number of carbonyl (C=O) groups excluding carboxylic acids is 1. The van der Waals surface area contributed by atoms with Gasteiger partial charge in [0, 0.05) is 6.54 Å². The van der Waals surface area contributed by atoms with Crippen molar-refractivity contribution in [3.05, 3.63) is 34.4 Å². The van der Waals surface area contributed by atoms with Gasteiger partial charge in [-0.3, -0.25) is 4.79 Å². The molecule has 0 aliphatic carbocycles. The van der Waals surface area contributed by atoms with Crippen molar-refractivity contribution >= 4 is 17.5 Å². The summed E-state index contributed by atoms with van der Waals surface area (Å²) in [7, 11) is 0. The first-order valence-electron chi connectivity index (χ1n) is 5.42. The second-order valence-corrected chi connectivity index (χ2v) is 4.69. The van der Waals surface area contributed by atoms with Crippen molar-refractivity contribution in [2.24, 2.45) is 0 Å². The van der Waals surface area contributed by atoms with Crippen LogP contribution >= 0.6 is 11.6 Å². The number of halogens is 3. The average Bonchev–Trinajstić information content (AvgIpc) is 2.31. The molecule has 0 aliphatic heterocycles. The van der Waals surface area contributed by atoms with Crippen molar-refractivity contribution in [1.29, 1.82) is 0 Å². The quantitative estimate of drug-likeness (QED) is 0.831. The van der Waals surface area contributed by atoms with E-state index in [1.54, 1.807) is 6.92 Å². The Morgan fingerprint density at radius 1 is 1.44 bits per heavy atom. The average molecular weight is 278 g/mol. The summed E-state index contributed by atoms with van der Waals surface area (Å²) in [5.74, 6) is -2.57. The lowest BCUT2D eigenvalue weighted by atomic mass is 10.0. The first kappa shape index (κ1) is 14.9. The van der Waals surface area contributed by atoms with Gasteiger partial charge in [0.2, 0.25) is 0 Å². The highest BCUT2D eigenvalue weighted by molar-refractivity contribution is 6.30. The highest BCUT2D eigenvalue weighted by atomic mass is 35.5. The molecule has 0 aliphatic rings. The lowest BCUT2D eigenvalue weighted by Crippen LogP contribution is -2.40. The molecule has 1 aromatic carbocycles. The fourth-order valence-electron chi connectivity index (χ4n) is 1.19. The van der Waals surface area contributed by atoms with Crippen LogP contribution in [0.1, 0.15) is 30.6 Å². The SMILES string of the molecule is CCC(C)(O)CNC(=O)c1cc(F)c(Cl)cc1F. The zero-order chi connectivity index (χ0) is 13.9. The standard InChI is InChI=1S/C12H14ClF2NO2/c1-3-12(2,18)6-16-11(17)7-4-10(15)8(13)5-9(7)14/h4-5,18H,3,6H2,1-2H3,(H,16,17). The first-order valence-corrected chi connectivity index (χ1v) is 5.80. The number of aliphatic hydroxyl groups is 1. The number of hydrogen-bond donors (Lipinski definition) is 2. The summed E-state index contributed by atoms with van der Waals surface area (Å²) in [5.41, 5.74) is -1.53. The molecule has 3 nitrogen and oxygen atoms in total. The maximum atomic E-state index is 13.4. The molecule has 1 rings (SSSR count). The summed E-state index contributed by atoms with van der Waals surface area (Å²) in [6.45, 7) is 3.23. The Balaban J connectivity index is 2.82. The summed E-state index contributed by atoms with van der Waals surface area (Å²) in [4.78, 5) is 11.6. The molecule has 2 N–H and O–H groups in total. The van der Waals surface area contributed by atoms with Crippen molar-refractivity contribution in [2.75, 3.05) is 6.54 Å². The minimum atomic E-state index is -1.09. The number of carbonyl (C=O) groups is 1. The Bertz CT molecular complexity index is 464. The number of benzene rings is 1. The number of nitrogens with one attached hydrogen (secondary N) is 1. The monoisotopic (exact) mass is 277 g/mol. The van der Waals surface area contributed by atoms with Crippen molar-refractivity contribution in [1.82, 2.24) is 5.32 Å². The molecule has 0 saturated heterocycles. The lowest BCUT2D eigenvalue weighted by Gasteiger charge is -2.21. The minimum absolute atomic E-state index is 0.0496. The number of hydrogen-bond acceptors (Lipinski definition) is 2. The van der Waals surface area contributed by atoms with E-state index in [0.717, 1.165) is 12.1 Å². The molecule has 0 spiro atoms. The molecule has 1 amide bonds. The van der Waals surface area contributed by atoms with Crippen LogP contribution < -0.4 is 5.32 Å². The minimum Gasteiger partial charge on any atom is -0.388 e. The van der Waals surface area contributed by atoms with Crippen molar-refractivity contribution < 1.29 is 18.7 Å². The third kappa shape index (κ3) is 3.65. The number of rotatable bonds is 4. The van der Waals surface area contributed by atoms with Gasteiger partial charge in [-0.25, -0.2) is 8.78 Å². The summed E-state index contributed by atoms with van der Waals surface area (Å²) in [6.07, 6.45) is 0.421. The van der Waals surface area contributed by atoms with Crippen LogP contribution in [-0.2, 0) is 0 Å². The molecule has 1 aromatic rings. The predicted octanol–water partition coefficient (Wildman–Crippen LogP) is 2.51. The van der Waals surface area contributed by atoms with Crippen LogP contribution in [0.2, 0.25) is 5.02 Å². The molecular formula is C12H14ClF2NO2. The van der Waals surface area contributed by atoms with Gasteiger partial charge in [0.15, 0.2) is 0 Å².